The molecule has 198 valence electrons. The Morgan fingerprint density at radius 1 is 0.474 bits per heavy atom. The van der Waals surface area contributed by atoms with Crippen molar-refractivity contribution < 1.29 is 58.6 Å². The largest absolute Gasteiger partial charge is 0.490 e. The van der Waals surface area contributed by atoms with Crippen molar-refractivity contribution in [3.63, 3.8) is 0 Å². The van der Waals surface area contributed by atoms with Crippen molar-refractivity contribution in [1.29, 1.82) is 0 Å². The van der Waals surface area contributed by atoms with Gasteiger partial charge in [0.15, 0.2) is 0 Å². The highest BCUT2D eigenvalue weighted by atomic mass is 16.5. The maximum atomic E-state index is 11.3. The average Bonchev–Trinajstić information content (AvgIpc) is 2.89. The van der Waals surface area contributed by atoms with Gasteiger partial charge in [0.25, 0.3) is 0 Å². The molecule has 3 aromatic carbocycles. The first kappa shape index (κ1) is 27.3. The van der Waals surface area contributed by atoms with Gasteiger partial charge in [-0.05, 0) is 60.7 Å². The third-order valence-electron chi connectivity index (χ3n) is 4.96. The Morgan fingerprint density at radius 2 is 0.816 bits per heavy atom. The Morgan fingerprint density at radius 3 is 1.13 bits per heavy atom. The molecule has 0 bridgehead atoms. The van der Waals surface area contributed by atoms with Crippen molar-refractivity contribution in [2.45, 2.75) is 0 Å². The third-order valence-corrected chi connectivity index (χ3v) is 4.96. The molecule has 0 atom stereocenters. The summed E-state index contributed by atoms with van der Waals surface area (Å²) in [7, 11) is 0. The summed E-state index contributed by atoms with van der Waals surface area (Å²) in [5, 5.41) is 36.6. The van der Waals surface area contributed by atoms with Gasteiger partial charge in [0.2, 0.25) is 0 Å². The van der Waals surface area contributed by atoms with Crippen LogP contribution in [-0.2, 0) is 0 Å². The zero-order valence-electron chi connectivity index (χ0n) is 19.7. The minimum absolute atomic E-state index is 0.0413. The van der Waals surface area contributed by atoms with Gasteiger partial charge in [-0.25, -0.2) is 19.2 Å². The van der Waals surface area contributed by atoms with E-state index in [9.17, 15) is 29.4 Å². The summed E-state index contributed by atoms with van der Waals surface area (Å²) in [6, 6.07) is 13.4. The number of ether oxygens (including phenoxy) is 4. The number of carboxylic acid groups (broad SMARTS) is 4. The van der Waals surface area contributed by atoms with Gasteiger partial charge >= 0.3 is 23.9 Å². The molecule has 0 spiro atoms. The van der Waals surface area contributed by atoms with Crippen molar-refractivity contribution in [2.75, 3.05) is 26.4 Å². The van der Waals surface area contributed by atoms with Crippen molar-refractivity contribution in [3.8, 4) is 23.0 Å². The van der Waals surface area contributed by atoms with Crippen LogP contribution in [0.2, 0.25) is 0 Å². The van der Waals surface area contributed by atoms with E-state index in [2.05, 4.69) is 0 Å². The van der Waals surface area contributed by atoms with Crippen LogP contribution < -0.4 is 18.9 Å². The van der Waals surface area contributed by atoms with E-state index < -0.39 is 23.9 Å². The molecular formula is C26H22O12. The van der Waals surface area contributed by atoms with E-state index in [0.717, 1.165) is 24.3 Å². The van der Waals surface area contributed by atoms with Crippen LogP contribution in [0, 0.1) is 0 Å². The fraction of sp³-hybridized carbons (Fsp3) is 0.154. The topological polar surface area (TPSA) is 186 Å². The maximum Gasteiger partial charge on any atom is 0.339 e. The van der Waals surface area contributed by atoms with E-state index in [1.165, 1.54) is 12.1 Å². The lowest BCUT2D eigenvalue weighted by Gasteiger charge is -2.12. The lowest BCUT2D eigenvalue weighted by Crippen LogP contribution is -2.12. The standard InChI is InChI=1S/C26H22O12/c27-23(28)15-1-7-19(25(31)32)21(13-15)37-11-9-35-17-3-5-18(6-4-17)36-10-12-38-22-14-16(24(29)30)2-8-20(22)26(33)34/h1-8,13-14H,9-12H2,(H,27,28)(H,29,30)(H,31,32)(H,33,34). The minimum atomic E-state index is -1.25. The van der Waals surface area contributed by atoms with E-state index in [4.69, 9.17) is 29.2 Å². The summed E-state index contributed by atoms with van der Waals surface area (Å²) in [6.07, 6.45) is 0. The molecule has 4 N–H and O–H groups in total. The molecule has 3 aromatic rings. The Hall–Kier alpha value is -5.26. The zero-order chi connectivity index (χ0) is 27.7. The van der Waals surface area contributed by atoms with Crippen molar-refractivity contribution in [2.24, 2.45) is 0 Å². The summed E-state index contributed by atoms with van der Waals surface area (Å²) in [6.45, 7) is 0.0120. The van der Waals surface area contributed by atoms with Crippen LogP contribution in [0.15, 0.2) is 60.7 Å². The number of hydrogen-bond donors (Lipinski definition) is 4. The van der Waals surface area contributed by atoms with Crippen LogP contribution >= 0.6 is 0 Å². The molecule has 12 nitrogen and oxygen atoms in total. The fourth-order valence-electron chi connectivity index (χ4n) is 3.16. The highest BCUT2D eigenvalue weighted by molar-refractivity contribution is 5.95. The molecule has 0 heterocycles. The monoisotopic (exact) mass is 526 g/mol. The molecule has 0 unspecified atom stereocenters. The Kier molecular flexibility index (Phi) is 9.08. The molecule has 0 aliphatic carbocycles. The quantitative estimate of drug-likeness (QED) is 0.225. The number of carbonyl (C=O) groups is 4. The number of carboxylic acids is 4. The van der Waals surface area contributed by atoms with Gasteiger partial charge in [0, 0.05) is 0 Å². The third kappa shape index (κ3) is 7.37. The van der Waals surface area contributed by atoms with E-state index >= 15 is 0 Å². The van der Waals surface area contributed by atoms with Gasteiger partial charge in [0.1, 0.15) is 60.6 Å². The summed E-state index contributed by atoms with van der Waals surface area (Å²) in [4.78, 5) is 44.8. The molecule has 0 saturated carbocycles. The predicted molar refractivity (Wildman–Crippen MR) is 129 cm³/mol. The van der Waals surface area contributed by atoms with Crippen LogP contribution in [-0.4, -0.2) is 70.7 Å². The molecule has 0 aromatic heterocycles. The first-order chi connectivity index (χ1) is 18.2. The van der Waals surface area contributed by atoms with E-state index in [0.29, 0.717) is 11.5 Å². The molecule has 38 heavy (non-hydrogen) atoms. The average molecular weight is 526 g/mol. The molecule has 0 amide bonds. The molecule has 0 aliphatic heterocycles. The summed E-state index contributed by atoms with van der Waals surface area (Å²) in [5.74, 6) is -4.18. The molecule has 0 aliphatic rings. The first-order valence-electron chi connectivity index (χ1n) is 11.0. The summed E-state index contributed by atoms with van der Waals surface area (Å²) in [5.41, 5.74) is -0.561. The van der Waals surface area contributed by atoms with E-state index in [1.54, 1.807) is 24.3 Å². The SMILES string of the molecule is O=C(O)c1ccc(C(=O)O)c(OCCOc2ccc(OCCOc3cc(C(=O)O)ccc3C(=O)O)cc2)c1. The zero-order valence-corrected chi connectivity index (χ0v) is 19.7. The molecule has 0 fully saturated rings. The number of aromatic carboxylic acids is 4. The molecule has 12 heteroatoms. The van der Waals surface area contributed by atoms with Gasteiger partial charge in [-0.3, -0.25) is 0 Å². The number of rotatable bonds is 14. The minimum Gasteiger partial charge on any atom is -0.490 e. The van der Waals surface area contributed by atoms with Crippen LogP contribution in [0.3, 0.4) is 0 Å². The smallest absolute Gasteiger partial charge is 0.339 e. The van der Waals surface area contributed by atoms with Crippen LogP contribution in [0.5, 0.6) is 23.0 Å². The van der Waals surface area contributed by atoms with Gasteiger partial charge in [-0.2, -0.15) is 0 Å². The molecular weight excluding hydrogens is 504 g/mol. The van der Waals surface area contributed by atoms with Crippen LogP contribution in [0.4, 0.5) is 0 Å². The van der Waals surface area contributed by atoms with Crippen LogP contribution in [0.1, 0.15) is 41.4 Å². The van der Waals surface area contributed by atoms with Gasteiger partial charge in [-0.15, -0.1) is 0 Å². The van der Waals surface area contributed by atoms with Crippen molar-refractivity contribution in [1.82, 2.24) is 0 Å². The Bertz CT molecular complexity index is 1230. The summed E-state index contributed by atoms with van der Waals surface area (Å²) >= 11 is 0. The summed E-state index contributed by atoms with van der Waals surface area (Å²) < 4.78 is 21.9. The molecule has 3 rings (SSSR count). The van der Waals surface area contributed by atoms with E-state index in [1.807, 2.05) is 0 Å². The Balaban J connectivity index is 1.46. The molecule has 0 saturated heterocycles. The Labute approximate surface area is 215 Å². The lowest BCUT2D eigenvalue weighted by molar-refractivity contribution is 0.0675. The highest BCUT2D eigenvalue weighted by Gasteiger charge is 2.16. The lowest BCUT2D eigenvalue weighted by atomic mass is 10.1. The maximum absolute atomic E-state index is 11.3. The van der Waals surface area contributed by atoms with Gasteiger partial charge < -0.3 is 39.4 Å². The normalized spacial score (nSPS) is 10.3. The number of benzene rings is 3. The van der Waals surface area contributed by atoms with Gasteiger partial charge in [0.05, 0.1) is 11.1 Å². The van der Waals surface area contributed by atoms with E-state index in [-0.39, 0.29) is 60.2 Å². The van der Waals surface area contributed by atoms with Crippen LogP contribution in [0.25, 0.3) is 0 Å². The number of hydrogen-bond acceptors (Lipinski definition) is 8. The molecule has 0 radical (unpaired) electrons. The highest BCUT2D eigenvalue weighted by Crippen LogP contribution is 2.23. The first-order valence-corrected chi connectivity index (χ1v) is 11.0. The second-order valence-electron chi connectivity index (χ2n) is 7.51. The second-order valence-corrected chi connectivity index (χ2v) is 7.51. The fourth-order valence-corrected chi connectivity index (χ4v) is 3.16. The van der Waals surface area contributed by atoms with Crippen molar-refractivity contribution >= 4 is 23.9 Å². The van der Waals surface area contributed by atoms with Gasteiger partial charge in [-0.1, -0.05) is 0 Å². The van der Waals surface area contributed by atoms with Crippen molar-refractivity contribution in [3.05, 3.63) is 82.9 Å². The predicted octanol–water partition coefficient (Wildman–Crippen LogP) is 3.40. The second kappa shape index (κ2) is 12.6.